The molecule has 0 bridgehead atoms. The number of fused-ring (bicyclic) bond motifs is 3. The van der Waals surface area contributed by atoms with Gasteiger partial charge in [0.25, 0.3) is 0 Å². The average Bonchev–Trinajstić information content (AvgIpc) is 2.82. The number of carbonyl (C=O) groups is 2. The Bertz CT molecular complexity index is 1300. The molecule has 1 unspecified atom stereocenters. The summed E-state index contributed by atoms with van der Waals surface area (Å²) in [6.07, 6.45) is -4.68. The fourth-order valence-corrected chi connectivity index (χ4v) is 5.63. The van der Waals surface area contributed by atoms with Gasteiger partial charge in [0.2, 0.25) is 5.78 Å². The summed E-state index contributed by atoms with van der Waals surface area (Å²) >= 11 is 0. The Hall–Kier alpha value is -3.06. The maximum absolute atomic E-state index is 13.4. The van der Waals surface area contributed by atoms with Crippen molar-refractivity contribution in [1.29, 1.82) is 0 Å². The predicted molar refractivity (Wildman–Crippen MR) is 128 cm³/mol. The van der Waals surface area contributed by atoms with E-state index >= 15 is 0 Å². The van der Waals surface area contributed by atoms with E-state index in [9.17, 15) is 35.1 Å². The first-order chi connectivity index (χ1) is 17.4. The summed E-state index contributed by atoms with van der Waals surface area (Å²) in [5.74, 6) is -3.14. The average molecular weight is 515 g/mol. The van der Waals surface area contributed by atoms with E-state index in [4.69, 9.17) is 20.9 Å². The maximum Gasteiger partial charge on any atom is 0.202 e. The standard InChI is InChI=1S/C26H30N2O9/c1-9-21(31)13(27)6-16(36-9)37-15-8-26(28,10(2)29)7-12-18(15)25(35)20-19(23(12)33)22(32)11-4-3-5-14(30)17(11)24(20)34/h3-5,9-10,13,15-16,21,29-31,33,35H,6-8,27-28H2,1-2H3/t9-,10?,13-,15-,16-,21+,26-/m0/s1. The van der Waals surface area contributed by atoms with Crippen molar-refractivity contribution in [2.24, 2.45) is 11.5 Å². The highest BCUT2D eigenvalue weighted by Crippen LogP contribution is 2.52. The van der Waals surface area contributed by atoms with Crippen molar-refractivity contribution in [2.45, 2.75) is 75.4 Å². The molecule has 0 saturated carbocycles. The van der Waals surface area contributed by atoms with Crippen molar-refractivity contribution in [1.82, 2.24) is 0 Å². The normalized spacial score (nSPS) is 31.9. The Labute approximate surface area is 212 Å². The lowest BCUT2D eigenvalue weighted by Gasteiger charge is -2.44. The van der Waals surface area contributed by atoms with Crippen molar-refractivity contribution in [2.75, 3.05) is 0 Å². The topological polar surface area (TPSA) is 206 Å². The van der Waals surface area contributed by atoms with Crippen LogP contribution in [0.5, 0.6) is 17.2 Å². The highest BCUT2D eigenvalue weighted by Gasteiger charge is 2.48. The number of aliphatic hydroxyl groups excluding tert-OH is 2. The molecule has 11 nitrogen and oxygen atoms in total. The van der Waals surface area contributed by atoms with Crippen LogP contribution in [-0.4, -0.2) is 73.3 Å². The fourth-order valence-electron chi connectivity index (χ4n) is 5.63. The summed E-state index contributed by atoms with van der Waals surface area (Å²) < 4.78 is 11.9. The van der Waals surface area contributed by atoms with Crippen LogP contribution in [0.4, 0.5) is 0 Å². The predicted octanol–water partition coefficient (Wildman–Crippen LogP) is 0.484. The van der Waals surface area contributed by atoms with Crippen LogP contribution in [0.15, 0.2) is 18.2 Å². The van der Waals surface area contributed by atoms with E-state index in [2.05, 4.69) is 0 Å². The number of ketones is 2. The Morgan fingerprint density at radius 3 is 2.43 bits per heavy atom. The molecule has 37 heavy (non-hydrogen) atoms. The summed E-state index contributed by atoms with van der Waals surface area (Å²) in [6.45, 7) is 3.11. The van der Waals surface area contributed by atoms with Gasteiger partial charge in [-0.1, -0.05) is 12.1 Å². The molecule has 2 aromatic carbocycles. The molecule has 7 atom stereocenters. The summed E-state index contributed by atoms with van der Waals surface area (Å²) in [5.41, 5.74) is 10.1. The second-order valence-electron chi connectivity index (χ2n) is 10.3. The zero-order chi connectivity index (χ0) is 27.0. The third-order valence-corrected chi connectivity index (χ3v) is 7.85. The van der Waals surface area contributed by atoms with E-state index in [0.717, 1.165) is 0 Å². The first kappa shape index (κ1) is 25.6. The minimum atomic E-state index is -1.32. The second-order valence-corrected chi connectivity index (χ2v) is 10.3. The molecule has 3 aliphatic rings. The summed E-state index contributed by atoms with van der Waals surface area (Å²) in [5, 5.41) is 53.7. The lowest BCUT2D eigenvalue weighted by atomic mass is 9.70. The van der Waals surface area contributed by atoms with Crippen molar-refractivity contribution < 1.29 is 44.6 Å². The van der Waals surface area contributed by atoms with E-state index in [1.54, 1.807) is 6.92 Å². The molecule has 0 aromatic heterocycles. The summed E-state index contributed by atoms with van der Waals surface area (Å²) in [7, 11) is 0. The van der Waals surface area contributed by atoms with E-state index in [1.165, 1.54) is 25.1 Å². The molecule has 198 valence electrons. The highest BCUT2D eigenvalue weighted by molar-refractivity contribution is 6.31. The van der Waals surface area contributed by atoms with Crippen LogP contribution in [0.1, 0.15) is 75.8 Å². The number of rotatable bonds is 3. The molecule has 0 amide bonds. The zero-order valence-electron chi connectivity index (χ0n) is 20.3. The van der Waals surface area contributed by atoms with Gasteiger partial charge in [0, 0.05) is 34.7 Å². The highest BCUT2D eigenvalue weighted by atomic mass is 16.7. The van der Waals surface area contributed by atoms with Crippen LogP contribution < -0.4 is 11.5 Å². The minimum absolute atomic E-state index is 0.0283. The van der Waals surface area contributed by atoms with Crippen LogP contribution >= 0.6 is 0 Å². The van der Waals surface area contributed by atoms with Crippen molar-refractivity contribution >= 4 is 11.6 Å². The van der Waals surface area contributed by atoms with E-state index in [-0.39, 0.29) is 41.5 Å². The molecule has 1 heterocycles. The van der Waals surface area contributed by atoms with Crippen LogP contribution in [0.2, 0.25) is 0 Å². The van der Waals surface area contributed by atoms with Gasteiger partial charge in [0.05, 0.1) is 41.1 Å². The zero-order valence-corrected chi connectivity index (χ0v) is 20.3. The lowest BCUT2D eigenvalue weighted by molar-refractivity contribution is -0.244. The first-order valence-electron chi connectivity index (χ1n) is 12.1. The van der Waals surface area contributed by atoms with Crippen LogP contribution in [0.25, 0.3) is 0 Å². The molecule has 2 aliphatic carbocycles. The Morgan fingerprint density at radius 2 is 1.78 bits per heavy atom. The maximum atomic E-state index is 13.4. The van der Waals surface area contributed by atoms with E-state index < -0.39 is 82.2 Å². The quantitative estimate of drug-likeness (QED) is 0.239. The summed E-state index contributed by atoms with van der Waals surface area (Å²) in [4.78, 5) is 26.8. The molecule has 1 fully saturated rings. The molecule has 9 N–H and O–H groups in total. The van der Waals surface area contributed by atoms with Gasteiger partial charge in [-0.3, -0.25) is 9.59 Å². The number of phenols is 3. The summed E-state index contributed by atoms with van der Waals surface area (Å²) in [6, 6.07) is 3.35. The Kier molecular flexibility index (Phi) is 6.06. The first-order valence-corrected chi connectivity index (χ1v) is 12.1. The second kappa shape index (κ2) is 8.76. The van der Waals surface area contributed by atoms with Crippen molar-refractivity contribution in [3.05, 3.63) is 51.6 Å². The molecule has 11 heteroatoms. The molecule has 2 aromatic rings. The number of benzene rings is 2. The Balaban J connectivity index is 1.67. The fraction of sp³-hybridized carbons (Fsp3) is 0.462. The van der Waals surface area contributed by atoms with E-state index in [1.807, 2.05) is 0 Å². The number of aromatic hydroxyl groups is 3. The van der Waals surface area contributed by atoms with Gasteiger partial charge in [-0.15, -0.1) is 0 Å². The molecule has 1 aliphatic heterocycles. The van der Waals surface area contributed by atoms with Gasteiger partial charge in [0.15, 0.2) is 12.1 Å². The number of phenolic OH excluding ortho intramolecular Hbond substituents is 3. The van der Waals surface area contributed by atoms with Crippen molar-refractivity contribution in [3.8, 4) is 17.2 Å². The van der Waals surface area contributed by atoms with Gasteiger partial charge in [0.1, 0.15) is 17.2 Å². The third-order valence-electron chi connectivity index (χ3n) is 7.85. The van der Waals surface area contributed by atoms with Gasteiger partial charge in [-0.05, 0) is 32.8 Å². The SMILES string of the molecule is CC(O)[C@]1(N)Cc2c(O)c3c(c(O)c2[C@@H](O[C@H]2C[C@H](N)[C@H](O)[C@H](C)O2)C1)C(=O)c1c(O)cccc1C3=O. The molecule has 1 saturated heterocycles. The number of nitrogens with two attached hydrogens (primary N) is 2. The van der Waals surface area contributed by atoms with E-state index in [0.29, 0.717) is 0 Å². The smallest absolute Gasteiger partial charge is 0.202 e. The number of carbonyl (C=O) groups excluding carboxylic acids is 2. The molecule has 0 radical (unpaired) electrons. The molecule has 5 rings (SSSR count). The minimum Gasteiger partial charge on any atom is -0.507 e. The monoisotopic (exact) mass is 514 g/mol. The number of ether oxygens (including phenoxy) is 2. The molecule has 0 spiro atoms. The molecular formula is C26H30N2O9. The number of hydrogen-bond acceptors (Lipinski definition) is 11. The lowest BCUT2D eigenvalue weighted by Crippen LogP contribution is -2.56. The van der Waals surface area contributed by atoms with Crippen molar-refractivity contribution in [3.63, 3.8) is 0 Å². The van der Waals surface area contributed by atoms with Gasteiger partial charge in [-0.25, -0.2) is 0 Å². The third kappa shape index (κ3) is 3.81. The van der Waals surface area contributed by atoms with Crippen LogP contribution in [-0.2, 0) is 15.9 Å². The largest absolute Gasteiger partial charge is 0.507 e. The molecular weight excluding hydrogens is 484 g/mol. The van der Waals surface area contributed by atoms with Gasteiger partial charge in [-0.2, -0.15) is 0 Å². The van der Waals surface area contributed by atoms with Gasteiger partial charge >= 0.3 is 0 Å². The van der Waals surface area contributed by atoms with Gasteiger partial charge < -0.3 is 46.5 Å². The number of aliphatic hydroxyl groups is 2. The van der Waals surface area contributed by atoms with Crippen LogP contribution in [0.3, 0.4) is 0 Å². The number of hydrogen-bond donors (Lipinski definition) is 7. The Morgan fingerprint density at radius 1 is 1.11 bits per heavy atom. The van der Waals surface area contributed by atoms with Crippen LogP contribution in [0, 0.1) is 0 Å².